The zero-order valence-electron chi connectivity index (χ0n) is 11.0. The fraction of sp³-hybridized carbons (Fsp3) is 0.188. The molecule has 1 aliphatic heterocycles. The van der Waals surface area contributed by atoms with Crippen molar-refractivity contribution >= 4 is 55.1 Å². The van der Waals surface area contributed by atoms with Crippen LogP contribution in [0.5, 0.6) is 0 Å². The minimum atomic E-state index is 0.0760. The van der Waals surface area contributed by atoms with E-state index in [9.17, 15) is 4.79 Å². The fourth-order valence-corrected chi connectivity index (χ4v) is 4.35. The molecule has 0 spiro atoms. The number of benzene rings is 2. The number of carbonyl (C=O) groups excluding carboxylic acids is 1. The summed E-state index contributed by atoms with van der Waals surface area (Å²) in [6, 6.07) is 11.9. The molecule has 0 saturated heterocycles. The molecule has 3 rings (SSSR count). The van der Waals surface area contributed by atoms with Crippen LogP contribution in [-0.4, -0.2) is 5.91 Å². The predicted octanol–water partition coefficient (Wildman–Crippen LogP) is 5.47. The first kappa shape index (κ1) is 15.1. The van der Waals surface area contributed by atoms with Crippen molar-refractivity contribution in [3.8, 4) is 0 Å². The molecule has 1 heterocycles. The number of hydrogen-bond acceptors (Lipinski definition) is 1. The van der Waals surface area contributed by atoms with E-state index in [1.54, 1.807) is 0 Å². The molecule has 108 valence electrons. The Labute approximate surface area is 145 Å². The molecule has 0 radical (unpaired) electrons. The second-order valence-electron chi connectivity index (χ2n) is 4.99. The van der Waals surface area contributed by atoms with Crippen molar-refractivity contribution in [1.82, 2.24) is 0 Å². The van der Waals surface area contributed by atoms with Crippen LogP contribution in [0.2, 0.25) is 5.02 Å². The lowest BCUT2D eigenvalue weighted by atomic mass is 9.97. The van der Waals surface area contributed by atoms with Crippen LogP contribution >= 0.6 is 43.5 Å². The van der Waals surface area contributed by atoms with E-state index in [1.807, 2.05) is 30.3 Å². The third-order valence-electron chi connectivity index (χ3n) is 3.55. The number of fused-ring (bicyclic) bond motifs is 1. The van der Waals surface area contributed by atoms with Crippen LogP contribution < -0.4 is 5.32 Å². The van der Waals surface area contributed by atoms with Gasteiger partial charge in [-0.3, -0.25) is 4.79 Å². The maximum absolute atomic E-state index is 11.4. The van der Waals surface area contributed by atoms with Crippen molar-refractivity contribution in [3.05, 3.63) is 62.6 Å². The van der Waals surface area contributed by atoms with Crippen LogP contribution in [0.25, 0.3) is 0 Å². The smallest absolute Gasteiger partial charge is 0.224 e. The summed E-state index contributed by atoms with van der Waals surface area (Å²) in [6.07, 6.45) is 1.34. The van der Waals surface area contributed by atoms with E-state index in [0.29, 0.717) is 11.4 Å². The number of rotatable bonds is 2. The zero-order valence-corrected chi connectivity index (χ0v) is 14.9. The van der Waals surface area contributed by atoms with Gasteiger partial charge in [0.1, 0.15) is 0 Å². The van der Waals surface area contributed by atoms with Crippen molar-refractivity contribution < 1.29 is 4.79 Å². The Bertz CT molecular complexity index is 717. The van der Waals surface area contributed by atoms with Gasteiger partial charge in [0.05, 0.1) is 4.83 Å². The molecule has 21 heavy (non-hydrogen) atoms. The van der Waals surface area contributed by atoms with Crippen molar-refractivity contribution in [2.45, 2.75) is 17.7 Å². The van der Waals surface area contributed by atoms with E-state index in [2.05, 4.69) is 43.2 Å². The SMILES string of the molecule is O=C1CCc2cc(C(Br)c3ccc(Cl)cc3Br)ccc2N1. The van der Waals surface area contributed by atoms with Gasteiger partial charge in [0, 0.05) is 21.6 Å². The van der Waals surface area contributed by atoms with Crippen LogP contribution in [0.3, 0.4) is 0 Å². The molecule has 5 heteroatoms. The molecule has 1 unspecified atom stereocenters. The number of halogens is 3. The summed E-state index contributed by atoms with van der Waals surface area (Å²) < 4.78 is 0.975. The highest BCUT2D eigenvalue weighted by molar-refractivity contribution is 9.11. The number of nitrogens with one attached hydrogen (secondary N) is 1. The van der Waals surface area contributed by atoms with Crippen LogP contribution in [0.1, 0.15) is 27.9 Å². The van der Waals surface area contributed by atoms with E-state index in [1.165, 1.54) is 5.56 Å². The number of amides is 1. The van der Waals surface area contributed by atoms with E-state index in [0.717, 1.165) is 27.7 Å². The van der Waals surface area contributed by atoms with E-state index in [-0.39, 0.29) is 10.7 Å². The summed E-state index contributed by atoms with van der Waals surface area (Å²) in [5.41, 5.74) is 4.39. The maximum Gasteiger partial charge on any atom is 0.224 e. The van der Waals surface area contributed by atoms with E-state index >= 15 is 0 Å². The molecular weight excluding hydrogens is 417 g/mol. The average Bonchev–Trinajstić information content (AvgIpc) is 2.46. The normalized spacial score (nSPS) is 15.3. The Morgan fingerprint density at radius 1 is 1.14 bits per heavy atom. The van der Waals surface area contributed by atoms with E-state index in [4.69, 9.17) is 11.6 Å². The van der Waals surface area contributed by atoms with Crippen LogP contribution in [0.15, 0.2) is 40.9 Å². The average molecular weight is 430 g/mol. The van der Waals surface area contributed by atoms with Gasteiger partial charge in [0.2, 0.25) is 5.91 Å². The van der Waals surface area contributed by atoms with Crippen molar-refractivity contribution in [1.29, 1.82) is 0 Å². The molecule has 0 bridgehead atoms. The molecule has 0 saturated carbocycles. The zero-order chi connectivity index (χ0) is 15.0. The molecule has 1 N–H and O–H groups in total. The van der Waals surface area contributed by atoms with Gasteiger partial charge in [-0.25, -0.2) is 0 Å². The molecule has 1 atom stereocenters. The molecule has 1 aliphatic rings. The first-order chi connectivity index (χ1) is 10.0. The fourth-order valence-electron chi connectivity index (χ4n) is 2.45. The third kappa shape index (κ3) is 3.17. The standard InChI is InChI=1S/C16H12Br2ClNO/c17-13-8-11(19)3-4-12(13)16(18)10-1-5-14-9(7-10)2-6-15(21)20-14/h1,3-5,7-8,16H,2,6H2,(H,20,21). The number of aryl methyl sites for hydroxylation is 1. The van der Waals surface area contributed by atoms with E-state index < -0.39 is 0 Å². The quantitative estimate of drug-likeness (QED) is 0.630. The molecule has 0 fully saturated rings. The molecule has 2 aromatic carbocycles. The summed E-state index contributed by atoms with van der Waals surface area (Å²) in [4.78, 5) is 11.5. The Hall–Kier alpha value is -0.840. The van der Waals surface area contributed by atoms with Gasteiger partial charge >= 0.3 is 0 Å². The second-order valence-corrected chi connectivity index (χ2v) is 7.20. The minimum Gasteiger partial charge on any atom is -0.326 e. The summed E-state index contributed by atoms with van der Waals surface area (Å²) in [7, 11) is 0. The molecule has 2 aromatic rings. The van der Waals surface area contributed by atoms with Crippen molar-refractivity contribution in [2.24, 2.45) is 0 Å². The molecule has 2 nitrogen and oxygen atoms in total. The summed E-state index contributed by atoms with van der Waals surface area (Å²) in [5, 5.41) is 3.61. The van der Waals surface area contributed by atoms with Gasteiger partial charge < -0.3 is 5.32 Å². The number of carbonyl (C=O) groups is 1. The Balaban J connectivity index is 1.95. The number of anilines is 1. The predicted molar refractivity (Wildman–Crippen MR) is 93.3 cm³/mol. The molecule has 1 amide bonds. The second kappa shape index (κ2) is 6.11. The lowest BCUT2D eigenvalue weighted by Gasteiger charge is -2.20. The topological polar surface area (TPSA) is 29.1 Å². The van der Waals surface area contributed by atoms with Crippen molar-refractivity contribution in [3.63, 3.8) is 0 Å². The van der Waals surface area contributed by atoms with Gasteiger partial charge in [-0.1, -0.05) is 61.7 Å². The van der Waals surface area contributed by atoms with Crippen molar-refractivity contribution in [2.75, 3.05) is 5.32 Å². The monoisotopic (exact) mass is 427 g/mol. The lowest BCUT2D eigenvalue weighted by Crippen LogP contribution is -2.19. The largest absolute Gasteiger partial charge is 0.326 e. The van der Waals surface area contributed by atoms with Gasteiger partial charge in [-0.15, -0.1) is 0 Å². The third-order valence-corrected chi connectivity index (χ3v) is 5.50. The highest BCUT2D eigenvalue weighted by atomic mass is 79.9. The molecule has 0 aliphatic carbocycles. The Kier molecular flexibility index (Phi) is 4.38. The molecular formula is C16H12Br2ClNO. The first-order valence-electron chi connectivity index (χ1n) is 6.56. The highest BCUT2D eigenvalue weighted by Gasteiger charge is 2.19. The number of hydrogen-bond donors (Lipinski definition) is 1. The van der Waals surface area contributed by atoms with Gasteiger partial charge in [-0.05, 0) is 41.3 Å². The van der Waals surface area contributed by atoms with Gasteiger partial charge in [0.15, 0.2) is 0 Å². The Morgan fingerprint density at radius 3 is 2.71 bits per heavy atom. The summed E-state index contributed by atoms with van der Waals surface area (Å²) >= 11 is 13.3. The maximum atomic E-state index is 11.4. The van der Waals surface area contributed by atoms with Crippen LogP contribution in [0.4, 0.5) is 5.69 Å². The number of alkyl halides is 1. The Morgan fingerprint density at radius 2 is 1.95 bits per heavy atom. The minimum absolute atomic E-state index is 0.0760. The van der Waals surface area contributed by atoms with Gasteiger partial charge in [-0.2, -0.15) is 0 Å². The molecule has 0 aromatic heterocycles. The first-order valence-corrected chi connectivity index (χ1v) is 8.65. The summed E-state index contributed by atoms with van der Waals surface area (Å²) in [5.74, 6) is 0.0890. The van der Waals surface area contributed by atoms with Crippen LogP contribution in [0, 0.1) is 0 Å². The lowest BCUT2D eigenvalue weighted by molar-refractivity contribution is -0.116. The van der Waals surface area contributed by atoms with Crippen LogP contribution in [-0.2, 0) is 11.2 Å². The van der Waals surface area contributed by atoms with Gasteiger partial charge in [0.25, 0.3) is 0 Å². The highest BCUT2D eigenvalue weighted by Crippen LogP contribution is 2.38. The summed E-state index contributed by atoms with van der Waals surface area (Å²) in [6.45, 7) is 0.